The highest BCUT2D eigenvalue weighted by Crippen LogP contribution is 2.12. The van der Waals surface area contributed by atoms with Crippen LogP contribution in [0.5, 0.6) is 6.01 Å². The van der Waals surface area contributed by atoms with E-state index in [1.807, 2.05) is 0 Å². The molecule has 1 heterocycles. The molecule has 1 aromatic heterocycles. The van der Waals surface area contributed by atoms with Gasteiger partial charge in [-0.15, -0.1) is 0 Å². The van der Waals surface area contributed by atoms with Crippen LogP contribution in [0.3, 0.4) is 0 Å². The van der Waals surface area contributed by atoms with Crippen molar-refractivity contribution in [3.05, 3.63) is 5.28 Å². The number of rotatable bonds is 5. The third kappa shape index (κ3) is 3.85. The lowest BCUT2D eigenvalue weighted by Crippen LogP contribution is -2.14. The van der Waals surface area contributed by atoms with E-state index in [0.717, 1.165) is 0 Å². The smallest absolute Gasteiger partial charge is 0.322 e. The Balaban J connectivity index is 2.71. The molecule has 0 fully saturated rings. The van der Waals surface area contributed by atoms with Crippen molar-refractivity contribution in [1.82, 2.24) is 15.0 Å². The Labute approximate surface area is 92.9 Å². The maximum atomic E-state index is 8.57. The Hall–Kier alpha value is -1.14. The Morgan fingerprint density at radius 2 is 2.07 bits per heavy atom. The van der Waals surface area contributed by atoms with Crippen LogP contribution in [0, 0.1) is 0 Å². The molecule has 0 atom stereocenters. The highest BCUT2D eigenvalue weighted by Gasteiger charge is 2.07. The second kappa shape index (κ2) is 5.67. The van der Waals surface area contributed by atoms with Gasteiger partial charge in [-0.3, -0.25) is 0 Å². The van der Waals surface area contributed by atoms with Crippen molar-refractivity contribution in [2.24, 2.45) is 0 Å². The first-order valence-electron chi connectivity index (χ1n) is 4.46. The van der Waals surface area contributed by atoms with Gasteiger partial charge in [0.15, 0.2) is 0 Å². The van der Waals surface area contributed by atoms with Gasteiger partial charge in [0.2, 0.25) is 11.2 Å². The number of hydrogen-bond donors (Lipinski definition) is 1. The van der Waals surface area contributed by atoms with E-state index in [1.54, 1.807) is 19.0 Å². The van der Waals surface area contributed by atoms with Crippen molar-refractivity contribution < 1.29 is 9.84 Å². The largest absolute Gasteiger partial charge is 0.463 e. The molecule has 7 heteroatoms. The third-order valence-electron chi connectivity index (χ3n) is 1.51. The summed E-state index contributed by atoms with van der Waals surface area (Å²) >= 11 is 5.69. The highest BCUT2D eigenvalue weighted by atomic mass is 35.5. The lowest BCUT2D eigenvalue weighted by atomic mass is 10.5. The van der Waals surface area contributed by atoms with Crippen LogP contribution in [0.1, 0.15) is 6.42 Å². The molecule has 84 valence electrons. The van der Waals surface area contributed by atoms with Gasteiger partial charge in [-0.05, 0) is 11.6 Å². The number of ether oxygens (including phenoxy) is 1. The van der Waals surface area contributed by atoms with Crippen LogP contribution in [-0.4, -0.2) is 47.4 Å². The Morgan fingerprint density at radius 3 is 2.67 bits per heavy atom. The van der Waals surface area contributed by atoms with Gasteiger partial charge in [0.25, 0.3) is 0 Å². The average Bonchev–Trinajstić information content (AvgIpc) is 2.17. The molecule has 0 saturated carbocycles. The minimum atomic E-state index is 0.0688. The van der Waals surface area contributed by atoms with Crippen LogP contribution in [0.15, 0.2) is 0 Å². The van der Waals surface area contributed by atoms with Crippen LogP contribution in [0.4, 0.5) is 5.95 Å². The Morgan fingerprint density at radius 1 is 1.33 bits per heavy atom. The van der Waals surface area contributed by atoms with Crippen molar-refractivity contribution in [3.8, 4) is 6.01 Å². The molecule has 15 heavy (non-hydrogen) atoms. The standard InChI is InChI=1S/C8H13ClN4O2/c1-13(2)7-10-6(9)11-8(12-7)15-5-3-4-14/h14H,3-5H2,1-2H3. The van der Waals surface area contributed by atoms with Gasteiger partial charge in [-0.1, -0.05) is 0 Å². The molecular formula is C8H13ClN4O2. The van der Waals surface area contributed by atoms with Crippen molar-refractivity contribution in [2.45, 2.75) is 6.42 Å². The summed E-state index contributed by atoms with van der Waals surface area (Å²) in [5.74, 6) is 0.439. The predicted octanol–water partition coefficient (Wildman–Crippen LogP) is 0.352. The molecule has 1 rings (SSSR count). The van der Waals surface area contributed by atoms with E-state index in [-0.39, 0.29) is 17.9 Å². The number of aliphatic hydroxyl groups excluding tert-OH is 1. The van der Waals surface area contributed by atoms with Crippen molar-refractivity contribution in [1.29, 1.82) is 0 Å². The molecule has 0 aliphatic heterocycles. The summed E-state index contributed by atoms with van der Waals surface area (Å²) in [6.07, 6.45) is 0.528. The quantitative estimate of drug-likeness (QED) is 0.739. The van der Waals surface area contributed by atoms with E-state index in [2.05, 4.69) is 15.0 Å². The fourth-order valence-electron chi connectivity index (χ4n) is 0.815. The van der Waals surface area contributed by atoms with Crippen LogP contribution >= 0.6 is 11.6 Å². The minimum absolute atomic E-state index is 0.0688. The molecule has 0 unspecified atom stereocenters. The van der Waals surface area contributed by atoms with Crippen molar-refractivity contribution in [3.63, 3.8) is 0 Å². The van der Waals surface area contributed by atoms with Gasteiger partial charge in [0.1, 0.15) is 0 Å². The summed E-state index contributed by atoms with van der Waals surface area (Å²) in [6, 6.07) is 0.173. The normalized spacial score (nSPS) is 10.1. The zero-order valence-corrected chi connectivity index (χ0v) is 9.40. The lowest BCUT2D eigenvalue weighted by molar-refractivity contribution is 0.224. The third-order valence-corrected chi connectivity index (χ3v) is 1.68. The summed E-state index contributed by atoms with van der Waals surface area (Å²) in [5, 5.41) is 8.66. The summed E-state index contributed by atoms with van der Waals surface area (Å²) < 4.78 is 5.18. The molecule has 0 radical (unpaired) electrons. The minimum Gasteiger partial charge on any atom is -0.463 e. The predicted molar refractivity (Wildman–Crippen MR) is 56.4 cm³/mol. The fraction of sp³-hybridized carbons (Fsp3) is 0.625. The molecule has 0 aromatic carbocycles. The van der Waals surface area contributed by atoms with Crippen molar-refractivity contribution in [2.75, 3.05) is 32.2 Å². The van der Waals surface area contributed by atoms with E-state index >= 15 is 0 Å². The Bertz CT molecular complexity index is 322. The molecule has 0 bridgehead atoms. The number of aliphatic hydroxyl groups is 1. The number of halogens is 1. The van der Waals surface area contributed by atoms with Gasteiger partial charge in [0.05, 0.1) is 6.61 Å². The van der Waals surface area contributed by atoms with E-state index in [9.17, 15) is 0 Å². The van der Waals surface area contributed by atoms with Crippen LogP contribution in [-0.2, 0) is 0 Å². The average molecular weight is 233 g/mol. The molecule has 0 amide bonds. The summed E-state index contributed by atoms with van der Waals surface area (Å²) in [6.45, 7) is 0.420. The molecular weight excluding hydrogens is 220 g/mol. The van der Waals surface area contributed by atoms with Gasteiger partial charge < -0.3 is 14.7 Å². The molecule has 0 aliphatic carbocycles. The molecule has 0 saturated heterocycles. The van der Waals surface area contributed by atoms with Gasteiger partial charge >= 0.3 is 6.01 Å². The molecule has 6 nitrogen and oxygen atoms in total. The maximum absolute atomic E-state index is 8.57. The highest BCUT2D eigenvalue weighted by molar-refractivity contribution is 6.28. The second-order valence-electron chi connectivity index (χ2n) is 3.01. The lowest BCUT2D eigenvalue weighted by Gasteiger charge is -2.10. The number of hydrogen-bond acceptors (Lipinski definition) is 6. The first-order chi connectivity index (χ1) is 7.13. The molecule has 1 N–H and O–H groups in total. The van der Waals surface area contributed by atoms with Crippen LogP contribution in [0.25, 0.3) is 0 Å². The second-order valence-corrected chi connectivity index (χ2v) is 3.35. The summed E-state index contributed by atoms with van der Waals surface area (Å²) in [5.41, 5.74) is 0. The summed E-state index contributed by atoms with van der Waals surface area (Å²) in [4.78, 5) is 13.4. The number of aromatic nitrogens is 3. The molecule has 0 aliphatic rings. The van der Waals surface area contributed by atoms with Crippen LogP contribution < -0.4 is 9.64 Å². The molecule has 0 spiro atoms. The SMILES string of the molecule is CN(C)c1nc(Cl)nc(OCCCO)n1. The zero-order valence-electron chi connectivity index (χ0n) is 8.64. The van der Waals surface area contributed by atoms with E-state index in [0.29, 0.717) is 19.0 Å². The van der Waals surface area contributed by atoms with Crippen molar-refractivity contribution >= 4 is 17.5 Å². The first kappa shape index (κ1) is 11.9. The topological polar surface area (TPSA) is 71.4 Å². The zero-order chi connectivity index (χ0) is 11.3. The monoisotopic (exact) mass is 232 g/mol. The fourth-order valence-corrected chi connectivity index (χ4v) is 0.962. The van der Waals surface area contributed by atoms with E-state index in [1.165, 1.54) is 0 Å². The summed E-state index contributed by atoms with van der Waals surface area (Å²) in [7, 11) is 3.59. The van der Waals surface area contributed by atoms with Gasteiger partial charge in [-0.2, -0.15) is 15.0 Å². The first-order valence-corrected chi connectivity index (χ1v) is 4.84. The van der Waals surface area contributed by atoms with E-state index in [4.69, 9.17) is 21.4 Å². The van der Waals surface area contributed by atoms with Gasteiger partial charge in [-0.25, -0.2) is 0 Å². The van der Waals surface area contributed by atoms with Gasteiger partial charge in [0, 0.05) is 27.1 Å². The maximum Gasteiger partial charge on any atom is 0.322 e. The Kier molecular flexibility index (Phi) is 4.51. The number of anilines is 1. The van der Waals surface area contributed by atoms with Crippen LogP contribution in [0.2, 0.25) is 5.28 Å². The van der Waals surface area contributed by atoms with E-state index < -0.39 is 0 Å². The number of nitrogens with zero attached hydrogens (tertiary/aromatic N) is 4. The molecule has 1 aromatic rings.